The molecule has 4 aromatic carbocycles. The van der Waals surface area contributed by atoms with Crippen LogP contribution in [-0.4, -0.2) is 0 Å². The van der Waals surface area contributed by atoms with Crippen molar-refractivity contribution in [2.75, 3.05) is 0 Å². The highest BCUT2D eigenvalue weighted by Crippen LogP contribution is 2.35. The summed E-state index contributed by atoms with van der Waals surface area (Å²) in [5.74, 6) is 0. The van der Waals surface area contributed by atoms with Gasteiger partial charge in [-0.2, -0.15) is 0 Å². The molecule has 0 saturated heterocycles. The van der Waals surface area contributed by atoms with E-state index in [1.54, 1.807) is 0 Å². The lowest BCUT2D eigenvalue weighted by atomic mass is 9.97. The van der Waals surface area contributed by atoms with Gasteiger partial charge >= 0.3 is 0 Å². The minimum absolute atomic E-state index is 0.950. The maximum Gasteiger partial charge on any atom is 0.136 e. The van der Waals surface area contributed by atoms with Gasteiger partial charge < -0.3 is 4.42 Å². The van der Waals surface area contributed by atoms with E-state index in [1.807, 2.05) is 12.1 Å². The van der Waals surface area contributed by atoms with Crippen molar-refractivity contribution in [3.05, 3.63) is 84.4 Å². The third-order valence-electron chi connectivity index (χ3n) is 4.76. The zero-order valence-corrected chi connectivity index (χ0v) is 13.4. The molecule has 1 nitrogen and oxygen atoms in total. The molecule has 1 heteroatoms. The van der Waals surface area contributed by atoms with Gasteiger partial charge in [0.15, 0.2) is 0 Å². The van der Waals surface area contributed by atoms with E-state index in [4.69, 9.17) is 4.42 Å². The van der Waals surface area contributed by atoms with E-state index < -0.39 is 0 Å². The second-order valence-corrected chi connectivity index (χ2v) is 6.33. The minimum Gasteiger partial charge on any atom is -0.456 e. The second-order valence-electron chi connectivity index (χ2n) is 6.33. The highest BCUT2D eigenvalue weighted by molar-refractivity contribution is 6.07. The number of furan rings is 1. The molecule has 0 atom stereocenters. The molecule has 5 rings (SSSR count). The zero-order chi connectivity index (χ0) is 16.1. The van der Waals surface area contributed by atoms with Crippen molar-refractivity contribution in [1.82, 2.24) is 0 Å². The summed E-state index contributed by atoms with van der Waals surface area (Å²) in [6.45, 7) is 2.16. The number of para-hydroxylation sites is 1. The van der Waals surface area contributed by atoms with Gasteiger partial charge in [0.2, 0.25) is 0 Å². The fourth-order valence-electron chi connectivity index (χ4n) is 3.60. The van der Waals surface area contributed by atoms with Gasteiger partial charge in [-0.15, -0.1) is 0 Å². The molecule has 1 aromatic heterocycles. The third kappa shape index (κ3) is 1.95. The molecule has 0 radical (unpaired) electrons. The van der Waals surface area contributed by atoms with Gasteiger partial charge in [0.1, 0.15) is 11.2 Å². The molecule has 5 aromatic rings. The Hall–Kier alpha value is -3.06. The Kier molecular flexibility index (Phi) is 2.77. The van der Waals surface area contributed by atoms with E-state index in [1.165, 1.54) is 38.2 Å². The summed E-state index contributed by atoms with van der Waals surface area (Å²) < 4.78 is 6.08. The van der Waals surface area contributed by atoms with Crippen LogP contribution in [0, 0.1) is 6.92 Å². The summed E-state index contributed by atoms with van der Waals surface area (Å²) in [6.07, 6.45) is 0. The Balaban J connectivity index is 1.78. The van der Waals surface area contributed by atoms with Crippen LogP contribution in [0.25, 0.3) is 43.8 Å². The maximum atomic E-state index is 6.08. The molecular formula is C23H16O. The Morgan fingerprint density at radius 3 is 2.33 bits per heavy atom. The Labute approximate surface area is 140 Å². The summed E-state index contributed by atoms with van der Waals surface area (Å²) in [5.41, 5.74) is 5.58. The molecule has 0 N–H and O–H groups in total. The highest BCUT2D eigenvalue weighted by atomic mass is 16.3. The van der Waals surface area contributed by atoms with Crippen molar-refractivity contribution in [3.8, 4) is 11.1 Å². The first-order chi connectivity index (χ1) is 11.8. The van der Waals surface area contributed by atoms with Gasteiger partial charge in [0, 0.05) is 10.8 Å². The van der Waals surface area contributed by atoms with Crippen molar-refractivity contribution in [2.24, 2.45) is 0 Å². The van der Waals surface area contributed by atoms with Crippen molar-refractivity contribution in [2.45, 2.75) is 6.92 Å². The average molecular weight is 308 g/mol. The van der Waals surface area contributed by atoms with Crippen molar-refractivity contribution < 1.29 is 4.42 Å². The molecule has 24 heavy (non-hydrogen) atoms. The van der Waals surface area contributed by atoms with E-state index in [9.17, 15) is 0 Å². The van der Waals surface area contributed by atoms with Crippen LogP contribution in [0.4, 0.5) is 0 Å². The first kappa shape index (κ1) is 13.4. The first-order valence-corrected chi connectivity index (χ1v) is 8.21. The van der Waals surface area contributed by atoms with Crippen molar-refractivity contribution in [3.63, 3.8) is 0 Å². The monoisotopic (exact) mass is 308 g/mol. The summed E-state index contributed by atoms with van der Waals surface area (Å²) in [7, 11) is 0. The standard InChI is InChI=1S/C23H16O/c1-15-12-19(18-11-10-16-6-2-3-7-17(16)13-18)14-22-23(15)20-8-4-5-9-21(20)24-22/h2-14H,1H3. The van der Waals surface area contributed by atoms with Gasteiger partial charge in [0.25, 0.3) is 0 Å². The summed E-state index contributed by atoms with van der Waals surface area (Å²) >= 11 is 0. The SMILES string of the molecule is Cc1cc(-c2ccc3ccccc3c2)cc2oc3ccccc3c12. The van der Waals surface area contributed by atoms with Gasteiger partial charge in [-0.25, -0.2) is 0 Å². The third-order valence-corrected chi connectivity index (χ3v) is 4.76. The summed E-state index contributed by atoms with van der Waals surface area (Å²) in [6, 6.07) is 27.7. The lowest BCUT2D eigenvalue weighted by molar-refractivity contribution is 0.669. The predicted octanol–water partition coefficient (Wildman–Crippen LogP) is 6.71. The lowest BCUT2D eigenvalue weighted by Crippen LogP contribution is -1.82. The normalized spacial score (nSPS) is 11.5. The van der Waals surface area contributed by atoms with Gasteiger partial charge in [-0.05, 0) is 52.6 Å². The van der Waals surface area contributed by atoms with Gasteiger partial charge in [0.05, 0.1) is 0 Å². The Morgan fingerprint density at radius 2 is 1.42 bits per heavy atom. The summed E-state index contributed by atoms with van der Waals surface area (Å²) in [5, 5.41) is 4.94. The molecule has 0 aliphatic heterocycles. The largest absolute Gasteiger partial charge is 0.456 e. The number of hydrogen-bond acceptors (Lipinski definition) is 1. The van der Waals surface area contributed by atoms with Crippen LogP contribution in [0.1, 0.15) is 5.56 Å². The number of aryl methyl sites for hydroxylation is 1. The molecule has 0 aliphatic rings. The molecule has 0 unspecified atom stereocenters. The van der Waals surface area contributed by atoms with Crippen LogP contribution >= 0.6 is 0 Å². The molecular weight excluding hydrogens is 292 g/mol. The molecule has 0 aliphatic carbocycles. The molecule has 0 saturated carbocycles. The van der Waals surface area contributed by atoms with Crippen LogP contribution in [0.2, 0.25) is 0 Å². The molecule has 1 heterocycles. The van der Waals surface area contributed by atoms with E-state index >= 15 is 0 Å². The molecule has 0 spiro atoms. The fourth-order valence-corrected chi connectivity index (χ4v) is 3.60. The Bertz CT molecular complexity index is 1210. The van der Waals surface area contributed by atoms with Crippen LogP contribution in [0.3, 0.4) is 0 Å². The van der Waals surface area contributed by atoms with E-state index in [-0.39, 0.29) is 0 Å². The van der Waals surface area contributed by atoms with E-state index in [2.05, 4.69) is 73.7 Å². The van der Waals surface area contributed by atoms with Gasteiger partial charge in [-0.3, -0.25) is 0 Å². The number of rotatable bonds is 1. The lowest BCUT2D eigenvalue weighted by Gasteiger charge is -2.06. The van der Waals surface area contributed by atoms with Crippen molar-refractivity contribution >= 4 is 32.7 Å². The predicted molar refractivity (Wildman–Crippen MR) is 101 cm³/mol. The fraction of sp³-hybridized carbons (Fsp3) is 0.0435. The average Bonchev–Trinajstić information content (AvgIpc) is 3.00. The quantitative estimate of drug-likeness (QED) is 0.335. The molecule has 114 valence electrons. The van der Waals surface area contributed by atoms with Crippen molar-refractivity contribution in [1.29, 1.82) is 0 Å². The van der Waals surface area contributed by atoms with Gasteiger partial charge in [-0.1, -0.05) is 60.7 Å². The highest BCUT2D eigenvalue weighted by Gasteiger charge is 2.11. The number of fused-ring (bicyclic) bond motifs is 4. The molecule has 0 fully saturated rings. The van der Waals surface area contributed by atoms with Crippen LogP contribution < -0.4 is 0 Å². The summed E-state index contributed by atoms with van der Waals surface area (Å²) in [4.78, 5) is 0. The number of benzene rings is 4. The Morgan fingerprint density at radius 1 is 0.625 bits per heavy atom. The zero-order valence-electron chi connectivity index (χ0n) is 13.4. The molecule has 0 amide bonds. The smallest absolute Gasteiger partial charge is 0.136 e. The minimum atomic E-state index is 0.950. The first-order valence-electron chi connectivity index (χ1n) is 8.21. The molecule has 0 bridgehead atoms. The maximum absolute atomic E-state index is 6.08. The van der Waals surface area contributed by atoms with Crippen LogP contribution in [-0.2, 0) is 0 Å². The number of hydrogen-bond donors (Lipinski definition) is 0. The topological polar surface area (TPSA) is 13.1 Å². The van der Waals surface area contributed by atoms with E-state index in [0.717, 1.165) is 11.2 Å². The van der Waals surface area contributed by atoms with E-state index in [0.29, 0.717) is 0 Å². The second kappa shape index (κ2) is 4.97. The van der Waals surface area contributed by atoms with Crippen LogP contribution in [0.15, 0.2) is 83.3 Å². The van der Waals surface area contributed by atoms with Crippen LogP contribution in [0.5, 0.6) is 0 Å².